The van der Waals surface area contributed by atoms with Crippen LogP contribution < -0.4 is 0 Å². The van der Waals surface area contributed by atoms with E-state index in [1.807, 2.05) is 13.8 Å². The lowest BCUT2D eigenvalue weighted by Gasteiger charge is -2.29. The molecule has 1 aliphatic rings. The van der Waals surface area contributed by atoms with Crippen molar-refractivity contribution < 1.29 is 0 Å². The van der Waals surface area contributed by atoms with Gasteiger partial charge in [0, 0.05) is 12.1 Å². The molecule has 0 aromatic heterocycles. The number of nitrogens with zero attached hydrogens (tertiary/aromatic N) is 1. The lowest BCUT2D eigenvalue weighted by Crippen LogP contribution is -2.36. The van der Waals surface area contributed by atoms with Crippen LogP contribution in [0.15, 0.2) is 0 Å². The monoisotopic (exact) mass is 217 g/mol. The van der Waals surface area contributed by atoms with Crippen LogP contribution in [0.25, 0.3) is 0 Å². The first-order valence-corrected chi connectivity index (χ1v) is 6.51. The highest BCUT2D eigenvalue weighted by Gasteiger charge is 2.33. The lowest BCUT2D eigenvalue weighted by atomic mass is 10.1. The Bertz CT molecular complexity index is 154. The molecule has 3 unspecified atom stereocenters. The first-order valence-electron chi connectivity index (χ1n) is 5.93. The predicted molar refractivity (Wildman–Crippen MR) is 70.0 cm³/mol. The van der Waals surface area contributed by atoms with Gasteiger partial charge in [0.15, 0.2) is 0 Å². The van der Waals surface area contributed by atoms with E-state index in [4.69, 9.17) is 0 Å². The van der Waals surface area contributed by atoms with Crippen LogP contribution in [0.2, 0.25) is 0 Å². The van der Waals surface area contributed by atoms with Gasteiger partial charge in [0.05, 0.1) is 0 Å². The second-order valence-electron chi connectivity index (χ2n) is 4.81. The summed E-state index contributed by atoms with van der Waals surface area (Å²) >= 11 is 0. The van der Waals surface area contributed by atoms with Crippen LogP contribution >= 0.6 is 9.24 Å². The Morgan fingerprint density at radius 3 is 2.14 bits per heavy atom. The van der Waals surface area contributed by atoms with Crippen molar-refractivity contribution in [2.75, 3.05) is 7.05 Å². The van der Waals surface area contributed by atoms with Gasteiger partial charge >= 0.3 is 0 Å². The minimum absolute atomic E-state index is 0.508. The molecular formula is C12H28NP. The molecule has 86 valence electrons. The van der Waals surface area contributed by atoms with Crippen LogP contribution in [0.3, 0.4) is 0 Å². The van der Waals surface area contributed by atoms with E-state index in [0.29, 0.717) is 11.2 Å². The summed E-state index contributed by atoms with van der Waals surface area (Å²) in [6.45, 7) is 10.9. The van der Waals surface area contributed by atoms with E-state index in [1.54, 1.807) is 0 Å². The highest BCUT2D eigenvalue weighted by atomic mass is 31.0. The number of rotatable bonds is 2. The van der Waals surface area contributed by atoms with Gasteiger partial charge in [0.25, 0.3) is 0 Å². The topological polar surface area (TPSA) is 3.24 Å². The summed E-state index contributed by atoms with van der Waals surface area (Å²) in [7, 11) is 5.26. The molecule has 0 spiro atoms. The summed E-state index contributed by atoms with van der Waals surface area (Å²) in [4.78, 5) is 2.51. The molecule has 14 heavy (non-hydrogen) atoms. The van der Waals surface area contributed by atoms with Gasteiger partial charge in [-0.05, 0) is 45.3 Å². The molecule has 0 radical (unpaired) electrons. The second kappa shape index (κ2) is 6.08. The van der Waals surface area contributed by atoms with Crippen LogP contribution in [0, 0.1) is 0 Å². The first kappa shape index (κ1) is 14.4. The van der Waals surface area contributed by atoms with Crippen molar-refractivity contribution in [1.29, 1.82) is 0 Å². The average molecular weight is 217 g/mol. The molecule has 0 amide bonds. The van der Waals surface area contributed by atoms with E-state index in [0.717, 1.165) is 6.04 Å². The van der Waals surface area contributed by atoms with Crippen molar-refractivity contribution in [3.63, 3.8) is 0 Å². The zero-order valence-electron chi connectivity index (χ0n) is 10.8. The Hall–Kier alpha value is 0.390. The lowest BCUT2D eigenvalue weighted by molar-refractivity contribution is 0.196. The van der Waals surface area contributed by atoms with E-state index >= 15 is 0 Å². The standard InChI is InChI=1S/C10H22NP.C2H6/c1-8(2)11(4)9-5-6-10(3,12)7-9;1-2/h8-9H,5-7,12H2,1-4H3;1-2H3. The van der Waals surface area contributed by atoms with Crippen molar-refractivity contribution in [2.24, 2.45) is 0 Å². The van der Waals surface area contributed by atoms with Crippen molar-refractivity contribution in [2.45, 2.75) is 71.1 Å². The molecule has 3 atom stereocenters. The molecule has 0 aliphatic heterocycles. The third-order valence-corrected chi connectivity index (χ3v) is 3.67. The van der Waals surface area contributed by atoms with Gasteiger partial charge in [-0.15, -0.1) is 9.24 Å². The maximum atomic E-state index is 3.00. The van der Waals surface area contributed by atoms with Gasteiger partial charge in [0.1, 0.15) is 0 Å². The number of hydrogen-bond acceptors (Lipinski definition) is 1. The third kappa shape index (κ3) is 4.28. The van der Waals surface area contributed by atoms with Gasteiger partial charge < -0.3 is 4.90 Å². The van der Waals surface area contributed by atoms with Crippen molar-refractivity contribution in [3.05, 3.63) is 0 Å². The average Bonchev–Trinajstić information content (AvgIpc) is 2.48. The first-order chi connectivity index (χ1) is 6.42. The van der Waals surface area contributed by atoms with E-state index in [9.17, 15) is 0 Å². The summed E-state index contributed by atoms with van der Waals surface area (Å²) in [5.41, 5.74) is 0. The van der Waals surface area contributed by atoms with Crippen molar-refractivity contribution in [1.82, 2.24) is 4.90 Å². The smallest absolute Gasteiger partial charge is 0.0104 e. The van der Waals surface area contributed by atoms with Crippen LogP contribution in [-0.2, 0) is 0 Å². The van der Waals surface area contributed by atoms with Crippen LogP contribution in [0.4, 0.5) is 0 Å². The predicted octanol–water partition coefficient (Wildman–Crippen LogP) is 3.54. The SMILES string of the molecule is CC.CC(C)N(C)C1CCC(C)(P)C1. The highest BCUT2D eigenvalue weighted by Crippen LogP contribution is 2.39. The minimum Gasteiger partial charge on any atom is -0.301 e. The van der Waals surface area contributed by atoms with Crippen LogP contribution in [-0.4, -0.2) is 29.2 Å². The Labute approximate surface area is 92.8 Å². The minimum atomic E-state index is 0.508. The molecule has 2 heteroatoms. The summed E-state index contributed by atoms with van der Waals surface area (Å²) in [5, 5.41) is 0.508. The molecule has 0 saturated heterocycles. The molecule has 1 rings (SSSR count). The molecule has 0 aromatic carbocycles. The molecular weight excluding hydrogens is 189 g/mol. The summed E-state index contributed by atoms with van der Waals surface area (Å²) < 4.78 is 0. The van der Waals surface area contributed by atoms with Gasteiger partial charge in [-0.25, -0.2) is 0 Å². The number of hydrogen-bond donors (Lipinski definition) is 0. The molecule has 1 aliphatic carbocycles. The quantitative estimate of drug-likeness (QED) is 0.639. The normalized spacial score (nSPS) is 31.9. The van der Waals surface area contributed by atoms with E-state index in [-0.39, 0.29) is 0 Å². The van der Waals surface area contributed by atoms with Gasteiger partial charge in [-0.1, -0.05) is 20.8 Å². The fourth-order valence-electron chi connectivity index (χ4n) is 2.01. The maximum absolute atomic E-state index is 3.00. The largest absolute Gasteiger partial charge is 0.301 e. The van der Waals surface area contributed by atoms with Gasteiger partial charge in [-0.2, -0.15) is 0 Å². The fraction of sp³-hybridized carbons (Fsp3) is 1.00. The zero-order valence-corrected chi connectivity index (χ0v) is 12.0. The highest BCUT2D eigenvalue weighted by molar-refractivity contribution is 7.18. The third-order valence-electron chi connectivity index (χ3n) is 3.14. The molecule has 1 fully saturated rings. The van der Waals surface area contributed by atoms with Gasteiger partial charge in [-0.3, -0.25) is 0 Å². The Morgan fingerprint density at radius 1 is 1.36 bits per heavy atom. The molecule has 0 aromatic rings. The van der Waals surface area contributed by atoms with Crippen LogP contribution in [0.1, 0.15) is 53.9 Å². The molecule has 1 nitrogen and oxygen atoms in total. The van der Waals surface area contributed by atoms with Crippen LogP contribution in [0.5, 0.6) is 0 Å². The van der Waals surface area contributed by atoms with Gasteiger partial charge in [0.2, 0.25) is 0 Å². The zero-order chi connectivity index (χ0) is 11.4. The van der Waals surface area contributed by atoms with E-state index in [1.165, 1.54) is 19.3 Å². The van der Waals surface area contributed by atoms with E-state index in [2.05, 4.69) is 42.0 Å². The fourth-order valence-corrected chi connectivity index (χ4v) is 2.45. The molecule has 0 N–H and O–H groups in total. The summed E-state index contributed by atoms with van der Waals surface area (Å²) in [6.07, 6.45) is 4.07. The summed E-state index contributed by atoms with van der Waals surface area (Å²) in [5.74, 6) is 0. The van der Waals surface area contributed by atoms with Crippen molar-refractivity contribution >= 4 is 9.24 Å². The maximum Gasteiger partial charge on any atom is 0.0104 e. The summed E-state index contributed by atoms with van der Waals surface area (Å²) in [6, 6.07) is 1.50. The Kier molecular flexibility index (Phi) is 6.25. The molecule has 0 heterocycles. The molecule has 1 saturated carbocycles. The van der Waals surface area contributed by atoms with E-state index < -0.39 is 0 Å². The second-order valence-corrected chi connectivity index (χ2v) is 6.20. The Balaban J connectivity index is 0.000000791. The Morgan fingerprint density at radius 2 is 1.86 bits per heavy atom. The molecule has 0 bridgehead atoms. The van der Waals surface area contributed by atoms with Crippen molar-refractivity contribution in [3.8, 4) is 0 Å².